The quantitative estimate of drug-likeness (QED) is 0.809. The van der Waals surface area contributed by atoms with Gasteiger partial charge in [-0.05, 0) is 52.4 Å². The Hall–Kier alpha value is -1.30. The summed E-state index contributed by atoms with van der Waals surface area (Å²) in [6, 6.07) is 0. The summed E-state index contributed by atoms with van der Waals surface area (Å²) in [5, 5.41) is 4.10. The van der Waals surface area contributed by atoms with Crippen molar-refractivity contribution in [3.8, 4) is 0 Å². The van der Waals surface area contributed by atoms with Gasteiger partial charge >= 0.3 is 6.09 Å². The molecular formula is C15H28N2O4. The lowest BCUT2D eigenvalue weighted by molar-refractivity contribution is -0.174. The van der Waals surface area contributed by atoms with Crippen LogP contribution in [-0.4, -0.2) is 43.4 Å². The SMILES string of the molecule is CON(C)C(=O)C1CCC(CNC(=O)OC(C)(C)C)CC1. The maximum atomic E-state index is 12.0. The number of nitrogens with one attached hydrogen (secondary N) is 1. The van der Waals surface area contributed by atoms with Gasteiger partial charge in [0.05, 0.1) is 7.11 Å². The van der Waals surface area contributed by atoms with E-state index in [4.69, 9.17) is 9.57 Å². The van der Waals surface area contributed by atoms with Gasteiger partial charge in [0, 0.05) is 19.5 Å². The van der Waals surface area contributed by atoms with Crippen LogP contribution < -0.4 is 5.32 Å². The molecule has 0 aromatic carbocycles. The standard InChI is InChI=1S/C15H28N2O4/c1-15(2,3)21-14(19)16-10-11-6-8-12(9-7-11)13(18)17(4)20-5/h11-12H,6-10H2,1-5H3,(H,16,19). The van der Waals surface area contributed by atoms with Crippen molar-refractivity contribution in [2.45, 2.75) is 52.1 Å². The average molecular weight is 300 g/mol. The highest BCUT2D eigenvalue weighted by atomic mass is 16.7. The average Bonchev–Trinajstić information content (AvgIpc) is 2.42. The number of carbonyl (C=O) groups excluding carboxylic acids is 2. The number of alkyl carbamates (subject to hydrolysis) is 1. The topological polar surface area (TPSA) is 67.9 Å². The number of amides is 2. The fourth-order valence-electron chi connectivity index (χ4n) is 2.50. The number of rotatable bonds is 4. The Kier molecular flexibility index (Phi) is 6.45. The fourth-order valence-corrected chi connectivity index (χ4v) is 2.50. The van der Waals surface area contributed by atoms with Crippen LogP contribution in [0.4, 0.5) is 4.79 Å². The summed E-state index contributed by atoms with van der Waals surface area (Å²) >= 11 is 0. The second-order valence-electron chi connectivity index (χ2n) is 6.62. The van der Waals surface area contributed by atoms with Gasteiger partial charge in [0.15, 0.2) is 0 Å². The van der Waals surface area contributed by atoms with Gasteiger partial charge in [0.1, 0.15) is 5.60 Å². The Morgan fingerprint density at radius 1 is 1.19 bits per heavy atom. The van der Waals surface area contributed by atoms with Gasteiger partial charge in [-0.25, -0.2) is 9.86 Å². The van der Waals surface area contributed by atoms with E-state index in [0.717, 1.165) is 25.7 Å². The summed E-state index contributed by atoms with van der Waals surface area (Å²) in [7, 11) is 3.13. The van der Waals surface area contributed by atoms with E-state index in [0.29, 0.717) is 12.5 Å². The molecule has 0 radical (unpaired) electrons. The smallest absolute Gasteiger partial charge is 0.407 e. The minimum Gasteiger partial charge on any atom is -0.444 e. The predicted molar refractivity (Wildman–Crippen MR) is 79.5 cm³/mol. The van der Waals surface area contributed by atoms with Crippen LogP contribution in [0.25, 0.3) is 0 Å². The zero-order chi connectivity index (χ0) is 16.0. The summed E-state index contributed by atoms with van der Waals surface area (Å²) < 4.78 is 5.21. The summed E-state index contributed by atoms with van der Waals surface area (Å²) in [4.78, 5) is 28.5. The number of carbonyl (C=O) groups is 2. The lowest BCUT2D eigenvalue weighted by Crippen LogP contribution is -2.38. The molecule has 0 aromatic heterocycles. The Balaban J connectivity index is 2.28. The Morgan fingerprint density at radius 3 is 2.24 bits per heavy atom. The molecule has 1 aliphatic carbocycles. The Bertz CT molecular complexity index is 357. The first-order valence-electron chi connectivity index (χ1n) is 7.51. The number of hydrogen-bond acceptors (Lipinski definition) is 4. The van der Waals surface area contributed by atoms with Crippen molar-refractivity contribution < 1.29 is 19.2 Å². The van der Waals surface area contributed by atoms with Gasteiger partial charge < -0.3 is 10.1 Å². The number of hydrogen-bond donors (Lipinski definition) is 1. The van der Waals surface area contributed by atoms with E-state index in [-0.39, 0.29) is 17.9 Å². The first-order chi connectivity index (χ1) is 9.73. The molecule has 1 N–H and O–H groups in total. The first-order valence-corrected chi connectivity index (χ1v) is 7.51. The normalized spacial score (nSPS) is 22.5. The summed E-state index contributed by atoms with van der Waals surface area (Å²) in [5.74, 6) is 0.484. The minimum absolute atomic E-state index is 0.0349. The Morgan fingerprint density at radius 2 is 1.76 bits per heavy atom. The van der Waals surface area contributed by atoms with Crippen LogP contribution in [0.1, 0.15) is 46.5 Å². The molecule has 0 atom stereocenters. The monoisotopic (exact) mass is 300 g/mol. The van der Waals surface area contributed by atoms with Crippen molar-refractivity contribution in [3.63, 3.8) is 0 Å². The third kappa shape index (κ3) is 6.33. The molecule has 6 heteroatoms. The fraction of sp³-hybridized carbons (Fsp3) is 0.867. The third-order valence-corrected chi connectivity index (χ3v) is 3.71. The van der Waals surface area contributed by atoms with Gasteiger partial charge in [-0.2, -0.15) is 0 Å². The molecule has 2 amide bonds. The first kappa shape index (κ1) is 17.8. The largest absolute Gasteiger partial charge is 0.444 e. The van der Waals surface area contributed by atoms with E-state index < -0.39 is 5.60 Å². The lowest BCUT2D eigenvalue weighted by atomic mass is 9.81. The van der Waals surface area contributed by atoms with Crippen molar-refractivity contribution in [1.82, 2.24) is 10.4 Å². The summed E-state index contributed by atoms with van der Waals surface area (Å²) in [5.41, 5.74) is -0.473. The van der Waals surface area contributed by atoms with E-state index >= 15 is 0 Å². The Labute approximate surface area is 127 Å². The van der Waals surface area contributed by atoms with E-state index in [1.807, 2.05) is 20.8 Å². The number of ether oxygens (including phenoxy) is 1. The van der Waals surface area contributed by atoms with Gasteiger partial charge in [-0.15, -0.1) is 0 Å². The summed E-state index contributed by atoms with van der Waals surface area (Å²) in [6.45, 7) is 6.14. The molecule has 1 rings (SSSR count). The van der Waals surface area contributed by atoms with Crippen LogP contribution in [0.3, 0.4) is 0 Å². The molecule has 0 aromatic rings. The molecule has 1 fully saturated rings. The maximum absolute atomic E-state index is 12.0. The highest BCUT2D eigenvalue weighted by Crippen LogP contribution is 2.29. The molecule has 0 spiro atoms. The molecule has 1 aliphatic rings. The molecule has 0 aliphatic heterocycles. The van der Waals surface area contributed by atoms with Gasteiger partial charge in [0.25, 0.3) is 0 Å². The highest BCUT2D eigenvalue weighted by molar-refractivity contribution is 5.77. The van der Waals surface area contributed by atoms with Crippen molar-refractivity contribution in [3.05, 3.63) is 0 Å². The van der Waals surface area contributed by atoms with Gasteiger partial charge in [0.2, 0.25) is 5.91 Å². The molecule has 0 unspecified atom stereocenters. The highest BCUT2D eigenvalue weighted by Gasteiger charge is 2.28. The van der Waals surface area contributed by atoms with Crippen LogP contribution in [0.2, 0.25) is 0 Å². The molecule has 6 nitrogen and oxygen atoms in total. The van der Waals surface area contributed by atoms with Crippen molar-refractivity contribution in [1.29, 1.82) is 0 Å². The zero-order valence-electron chi connectivity index (χ0n) is 13.8. The van der Waals surface area contributed by atoms with Gasteiger partial charge in [-0.3, -0.25) is 9.63 Å². The van der Waals surface area contributed by atoms with Crippen molar-refractivity contribution in [2.24, 2.45) is 11.8 Å². The molecule has 21 heavy (non-hydrogen) atoms. The molecular weight excluding hydrogens is 272 g/mol. The van der Waals surface area contributed by atoms with E-state index in [2.05, 4.69) is 5.32 Å². The van der Waals surface area contributed by atoms with Crippen LogP contribution >= 0.6 is 0 Å². The predicted octanol–water partition coefficient (Wildman–Crippen LogP) is 2.34. The van der Waals surface area contributed by atoms with Crippen LogP contribution in [0, 0.1) is 11.8 Å². The van der Waals surface area contributed by atoms with Crippen LogP contribution in [0.5, 0.6) is 0 Å². The molecule has 0 saturated heterocycles. The molecule has 122 valence electrons. The van der Waals surface area contributed by atoms with E-state index in [1.165, 1.54) is 12.2 Å². The van der Waals surface area contributed by atoms with Crippen LogP contribution in [-0.2, 0) is 14.4 Å². The number of nitrogens with zero attached hydrogens (tertiary/aromatic N) is 1. The van der Waals surface area contributed by atoms with Gasteiger partial charge in [-0.1, -0.05) is 0 Å². The molecule has 1 saturated carbocycles. The zero-order valence-corrected chi connectivity index (χ0v) is 13.8. The molecule has 0 bridgehead atoms. The minimum atomic E-state index is -0.473. The van der Waals surface area contributed by atoms with Crippen LogP contribution in [0.15, 0.2) is 0 Å². The van der Waals surface area contributed by atoms with E-state index in [1.54, 1.807) is 7.05 Å². The van der Waals surface area contributed by atoms with E-state index in [9.17, 15) is 9.59 Å². The molecule has 0 heterocycles. The lowest BCUT2D eigenvalue weighted by Gasteiger charge is -2.30. The van der Waals surface area contributed by atoms with Crippen molar-refractivity contribution in [2.75, 3.05) is 20.7 Å². The summed E-state index contributed by atoms with van der Waals surface area (Å²) in [6.07, 6.45) is 3.17. The second kappa shape index (κ2) is 7.64. The third-order valence-electron chi connectivity index (χ3n) is 3.71. The number of hydroxylamine groups is 2. The maximum Gasteiger partial charge on any atom is 0.407 e. The second-order valence-corrected chi connectivity index (χ2v) is 6.62. The van der Waals surface area contributed by atoms with Crippen molar-refractivity contribution >= 4 is 12.0 Å².